The van der Waals surface area contributed by atoms with Crippen LogP contribution in [0.2, 0.25) is 5.02 Å². The standard InChI is InChI=1S/C23H23ClN4O2S/c24-18-7-4-8-19(15-18)25-21(30)23-27-26-22(31-23)17-11-13-28(14-12-17)20(29)10-9-16-5-2-1-3-6-16/h1-8,15,17H,9-14H2,(H,25,30). The molecule has 2 amide bonds. The van der Waals surface area contributed by atoms with Crippen LogP contribution in [0.5, 0.6) is 0 Å². The zero-order valence-corrected chi connectivity index (χ0v) is 18.5. The summed E-state index contributed by atoms with van der Waals surface area (Å²) in [5, 5.41) is 12.9. The summed E-state index contributed by atoms with van der Waals surface area (Å²) in [4.78, 5) is 26.9. The van der Waals surface area contributed by atoms with Crippen LogP contribution in [0.15, 0.2) is 54.6 Å². The van der Waals surface area contributed by atoms with Crippen molar-refractivity contribution < 1.29 is 9.59 Å². The molecule has 0 spiro atoms. The lowest BCUT2D eigenvalue weighted by atomic mass is 9.97. The lowest BCUT2D eigenvalue weighted by molar-refractivity contribution is -0.132. The number of nitrogens with zero attached hydrogens (tertiary/aromatic N) is 3. The van der Waals surface area contributed by atoms with Crippen LogP contribution in [0.4, 0.5) is 5.69 Å². The molecule has 31 heavy (non-hydrogen) atoms. The number of carbonyl (C=O) groups excluding carboxylic acids is 2. The van der Waals surface area contributed by atoms with Crippen LogP contribution in [0.3, 0.4) is 0 Å². The van der Waals surface area contributed by atoms with Gasteiger partial charge in [-0.25, -0.2) is 0 Å². The highest BCUT2D eigenvalue weighted by molar-refractivity contribution is 7.13. The molecule has 0 unspecified atom stereocenters. The van der Waals surface area contributed by atoms with Crippen molar-refractivity contribution in [1.82, 2.24) is 15.1 Å². The normalized spacial score (nSPS) is 14.4. The van der Waals surface area contributed by atoms with Gasteiger partial charge in [-0.3, -0.25) is 9.59 Å². The number of benzene rings is 2. The van der Waals surface area contributed by atoms with Gasteiger partial charge in [-0.15, -0.1) is 10.2 Å². The fourth-order valence-corrected chi connectivity index (χ4v) is 4.77. The number of aryl methyl sites for hydroxylation is 1. The van der Waals surface area contributed by atoms with Crippen molar-refractivity contribution in [3.63, 3.8) is 0 Å². The van der Waals surface area contributed by atoms with Gasteiger partial charge in [-0.05, 0) is 43.0 Å². The third-order valence-electron chi connectivity index (χ3n) is 5.38. The van der Waals surface area contributed by atoms with Gasteiger partial charge in [-0.2, -0.15) is 0 Å². The number of hydrogen-bond donors (Lipinski definition) is 1. The van der Waals surface area contributed by atoms with E-state index in [-0.39, 0.29) is 17.7 Å². The summed E-state index contributed by atoms with van der Waals surface area (Å²) < 4.78 is 0. The monoisotopic (exact) mass is 454 g/mol. The molecule has 2 heterocycles. The van der Waals surface area contributed by atoms with Crippen molar-refractivity contribution in [3.8, 4) is 0 Å². The van der Waals surface area contributed by atoms with Crippen LogP contribution in [0.25, 0.3) is 0 Å². The molecule has 1 N–H and O–H groups in total. The first-order valence-electron chi connectivity index (χ1n) is 10.3. The number of rotatable bonds is 6. The van der Waals surface area contributed by atoms with E-state index >= 15 is 0 Å². The molecular formula is C23H23ClN4O2S. The Hall–Kier alpha value is -2.77. The molecular weight excluding hydrogens is 432 g/mol. The maximum atomic E-state index is 12.5. The number of halogens is 1. The fraction of sp³-hybridized carbons (Fsp3) is 0.304. The van der Waals surface area contributed by atoms with E-state index in [9.17, 15) is 9.59 Å². The van der Waals surface area contributed by atoms with Gasteiger partial charge in [0.05, 0.1) is 0 Å². The molecule has 3 aromatic rings. The summed E-state index contributed by atoms with van der Waals surface area (Å²) >= 11 is 7.28. The van der Waals surface area contributed by atoms with Gasteiger partial charge < -0.3 is 10.2 Å². The molecule has 2 aromatic carbocycles. The van der Waals surface area contributed by atoms with E-state index in [1.807, 2.05) is 23.1 Å². The molecule has 0 saturated carbocycles. The molecule has 1 fully saturated rings. The minimum atomic E-state index is -0.292. The fourth-order valence-electron chi connectivity index (χ4n) is 3.67. The second kappa shape index (κ2) is 10.0. The van der Waals surface area contributed by atoms with Crippen molar-refractivity contribution in [3.05, 3.63) is 75.2 Å². The van der Waals surface area contributed by atoms with E-state index in [4.69, 9.17) is 11.6 Å². The maximum Gasteiger partial charge on any atom is 0.286 e. The third-order valence-corrected chi connectivity index (χ3v) is 6.70. The van der Waals surface area contributed by atoms with Crippen LogP contribution in [0.1, 0.15) is 45.6 Å². The van der Waals surface area contributed by atoms with Gasteiger partial charge in [0.1, 0.15) is 5.01 Å². The van der Waals surface area contributed by atoms with Crippen LogP contribution in [0, 0.1) is 0 Å². The highest BCUT2D eigenvalue weighted by Crippen LogP contribution is 2.30. The van der Waals surface area contributed by atoms with E-state index < -0.39 is 0 Å². The highest BCUT2D eigenvalue weighted by Gasteiger charge is 2.27. The van der Waals surface area contributed by atoms with Crippen LogP contribution < -0.4 is 5.32 Å². The Morgan fingerprint density at radius 2 is 1.84 bits per heavy atom. The summed E-state index contributed by atoms with van der Waals surface area (Å²) in [6, 6.07) is 17.1. The van der Waals surface area contributed by atoms with Gasteiger partial charge in [-0.1, -0.05) is 59.3 Å². The minimum Gasteiger partial charge on any atom is -0.343 e. The molecule has 4 rings (SSSR count). The molecule has 0 radical (unpaired) electrons. The number of amides is 2. The number of hydrogen-bond acceptors (Lipinski definition) is 5. The lowest BCUT2D eigenvalue weighted by Gasteiger charge is -2.31. The van der Waals surface area contributed by atoms with E-state index in [1.165, 1.54) is 16.9 Å². The van der Waals surface area contributed by atoms with Gasteiger partial charge in [0.25, 0.3) is 5.91 Å². The Labute approximate surface area is 190 Å². The largest absolute Gasteiger partial charge is 0.343 e. The quantitative estimate of drug-likeness (QED) is 0.581. The predicted molar refractivity (Wildman–Crippen MR) is 123 cm³/mol. The molecule has 0 aliphatic carbocycles. The SMILES string of the molecule is O=C(Nc1cccc(Cl)c1)c1nnc(C2CCN(C(=O)CCc3ccccc3)CC2)s1. The Bertz CT molecular complexity index is 1050. The zero-order chi connectivity index (χ0) is 21.6. The number of piperidine rings is 1. The number of aromatic nitrogens is 2. The molecule has 160 valence electrons. The number of carbonyl (C=O) groups is 2. The van der Waals surface area contributed by atoms with Crippen molar-refractivity contribution in [2.45, 2.75) is 31.6 Å². The molecule has 1 aliphatic heterocycles. The van der Waals surface area contributed by atoms with Crippen LogP contribution in [-0.2, 0) is 11.2 Å². The Morgan fingerprint density at radius 1 is 1.06 bits per heavy atom. The Morgan fingerprint density at radius 3 is 2.58 bits per heavy atom. The smallest absolute Gasteiger partial charge is 0.286 e. The molecule has 1 aromatic heterocycles. The summed E-state index contributed by atoms with van der Waals surface area (Å²) in [5.41, 5.74) is 1.81. The third kappa shape index (κ3) is 5.68. The van der Waals surface area contributed by atoms with Crippen molar-refractivity contribution in [2.75, 3.05) is 18.4 Å². The van der Waals surface area contributed by atoms with Gasteiger partial charge in [0, 0.05) is 36.1 Å². The summed E-state index contributed by atoms with van der Waals surface area (Å²) in [5.74, 6) is 0.129. The average Bonchev–Trinajstić information content (AvgIpc) is 3.29. The van der Waals surface area contributed by atoms with Crippen molar-refractivity contribution >= 4 is 40.4 Å². The van der Waals surface area contributed by atoms with Crippen LogP contribution in [-0.4, -0.2) is 40.0 Å². The van der Waals surface area contributed by atoms with Crippen molar-refractivity contribution in [1.29, 1.82) is 0 Å². The predicted octanol–water partition coefficient (Wildman–Crippen LogP) is 4.78. The van der Waals surface area contributed by atoms with Gasteiger partial charge >= 0.3 is 0 Å². The summed E-state index contributed by atoms with van der Waals surface area (Å²) in [7, 11) is 0. The summed E-state index contributed by atoms with van der Waals surface area (Å²) in [6.07, 6.45) is 2.96. The van der Waals surface area contributed by atoms with E-state index in [0.29, 0.717) is 35.2 Å². The lowest BCUT2D eigenvalue weighted by Crippen LogP contribution is -2.38. The average molecular weight is 455 g/mol. The number of likely N-dealkylation sites (tertiary alicyclic amines) is 1. The second-order valence-corrected chi connectivity index (χ2v) is 9.00. The molecule has 0 atom stereocenters. The zero-order valence-electron chi connectivity index (χ0n) is 17.0. The van der Waals surface area contributed by atoms with Crippen LogP contribution >= 0.6 is 22.9 Å². The molecule has 1 aliphatic rings. The highest BCUT2D eigenvalue weighted by atomic mass is 35.5. The van der Waals surface area contributed by atoms with E-state index in [0.717, 1.165) is 24.3 Å². The molecule has 6 nitrogen and oxygen atoms in total. The first-order valence-corrected chi connectivity index (χ1v) is 11.5. The minimum absolute atomic E-state index is 0.196. The molecule has 0 bridgehead atoms. The first kappa shape index (κ1) is 21.5. The topological polar surface area (TPSA) is 75.2 Å². The van der Waals surface area contributed by atoms with Gasteiger partial charge in [0.2, 0.25) is 10.9 Å². The number of nitrogens with one attached hydrogen (secondary N) is 1. The number of anilines is 1. The van der Waals surface area contributed by atoms with Crippen molar-refractivity contribution in [2.24, 2.45) is 0 Å². The Balaban J connectivity index is 1.27. The maximum absolute atomic E-state index is 12.5. The Kier molecular flexibility index (Phi) is 6.94. The molecule has 8 heteroatoms. The van der Waals surface area contributed by atoms with Gasteiger partial charge in [0.15, 0.2) is 0 Å². The second-order valence-electron chi connectivity index (χ2n) is 7.55. The first-order chi connectivity index (χ1) is 15.1. The summed E-state index contributed by atoms with van der Waals surface area (Å²) in [6.45, 7) is 1.42. The van der Waals surface area contributed by atoms with E-state index in [2.05, 4.69) is 27.6 Å². The van der Waals surface area contributed by atoms with E-state index in [1.54, 1.807) is 24.3 Å². The molecule has 1 saturated heterocycles.